The first-order valence-electron chi connectivity index (χ1n) is 8.85. The molecular formula is C20H21Cl2N5O. The van der Waals surface area contributed by atoms with Crippen LogP contribution in [0.3, 0.4) is 0 Å². The fourth-order valence-corrected chi connectivity index (χ4v) is 3.01. The van der Waals surface area contributed by atoms with Crippen LogP contribution in [0.4, 0.5) is 17.5 Å². The van der Waals surface area contributed by atoms with Crippen LogP contribution in [-0.2, 0) is 0 Å². The van der Waals surface area contributed by atoms with Gasteiger partial charge in [0.15, 0.2) is 0 Å². The summed E-state index contributed by atoms with van der Waals surface area (Å²) in [6.45, 7) is 4.01. The van der Waals surface area contributed by atoms with Gasteiger partial charge in [-0.3, -0.25) is 4.98 Å². The van der Waals surface area contributed by atoms with Crippen LogP contribution in [0, 0.1) is 5.92 Å². The van der Waals surface area contributed by atoms with Gasteiger partial charge in [0.1, 0.15) is 5.82 Å². The highest BCUT2D eigenvalue weighted by Crippen LogP contribution is 2.29. The second kappa shape index (κ2) is 9.19. The van der Waals surface area contributed by atoms with Gasteiger partial charge in [0, 0.05) is 29.0 Å². The summed E-state index contributed by atoms with van der Waals surface area (Å²) >= 11 is 12.3. The van der Waals surface area contributed by atoms with Crippen LogP contribution >= 0.6 is 23.2 Å². The lowest BCUT2D eigenvalue weighted by atomic mass is 10.1. The molecule has 28 heavy (non-hydrogen) atoms. The minimum absolute atomic E-state index is 0.0239. The van der Waals surface area contributed by atoms with Gasteiger partial charge in [-0.15, -0.1) is 0 Å². The van der Waals surface area contributed by atoms with Crippen LogP contribution < -0.4 is 10.6 Å². The number of anilines is 3. The van der Waals surface area contributed by atoms with Crippen molar-refractivity contribution in [2.75, 3.05) is 17.2 Å². The number of aliphatic hydroxyl groups excluding tert-OH is 1. The minimum atomic E-state index is -0.170. The first kappa shape index (κ1) is 20.3. The van der Waals surface area contributed by atoms with Crippen LogP contribution in [0.5, 0.6) is 0 Å². The standard InChI is InChI=1S/C20H21Cl2N5O/c1-12(2)18(11-28)26-20-25-17(13-4-3-7-23-10-13)9-19(27-20)24-16-6-5-14(21)8-15(16)22/h3-10,12,18,28H,11H2,1-2H3,(H2,24,25,26,27)/t18-/m0/s1. The average Bonchev–Trinajstić information content (AvgIpc) is 2.68. The fourth-order valence-electron chi connectivity index (χ4n) is 2.56. The molecule has 0 radical (unpaired) electrons. The van der Waals surface area contributed by atoms with E-state index in [4.69, 9.17) is 23.2 Å². The van der Waals surface area contributed by atoms with Crippen LogP contribution in [0.25, 0.3) is 11.3 Å². The highest BCUT2D eigenvalue weighted by molar-refractivity contribution is 6.36. The van der Waals surface area contributed by atoms with Gasteiger partial charge in [-0.2, -0.15) is 4.98 Å². The Morgan fingerprint density at radius 1 is 1.11 bits per heavy atom. The van der Waals surface area contributed by atoms with E-state index in [-0.39, 0.29) is 18.6 Å². The summed E-state index contributed by atoms with van der Waals surface area (Å²) in [4.78, 5) is 13.3. The number of pyridine rings is 1. The zero-order chi connectivity index (χ0) is 20.1. The Morgan fingerprint density at radius 3 is 2.57 bits per heavy atom. The first-order chi connectivity index (χ1) is 13.5. The van der Waals surface area contributed by atoms with Gasteiger partial charge in [-0.1, -0.05) is 37.0 Å². The molecule has 1 aromatic carbocycles. The number of hydrogen-bond acceptors (Lipinski definition) is 6. The van der Waals surface area contributed by atoms with Crippen molar-refractivity contribution >= 4 is 40.7 Å². The van der Waals surface area contributed by atoms with Crippen molar-refractivity contribution in [2.24, 2.45) is 5.92 Å². The number of hydrogen-bond donors (Lipinski definition) is 3. The molecule has 6 nitrogen and oxygen atoms in total. The lowest BCUT2D eigenvalue weighted by Gasteiger charge is -2.20. The third kappa shape index (κ3) is 5.10. The quantitative estimate of drug-likeness (QED) is 0.500. The molecule has 0 aliphatic heterocycles. The van der Waals surface area contributed by atoms with Gasteiger partial charge in [-0.05, 0) is 36.2 Å². The monoisotopic (exact) mass is 417 g/mol. The summed E-state index contributed by atoms with van der Waals surface area (Å²) in [5, 5.41) is 17.1. The lowest BCUT2D eigenvalue weighted by molar-refractivity contribution is 0.248. The van der Waals surface area contributed by atoms with Crippen LogP contribution in [0.15, 0.2) is 48.8 Å². The summed E-state index contributed by atoms with van der Waals surface area (Å²) in [6.07, 6.45) is 3.44. The van der Waals surface area contributed by atoms with Gasteiger partial charge in [-0.25, -0.2) is 4.98 Å². The SMILES string of the molecule is CC(C)[C@H](CO)Nc1nc(Nc2ccc(Cl)cc2Cl)cc(-c2cccnc2)n1. The fraction of sp³-hybridized carbons (Fsp3) is 0.250. The van der Waals surface area contributed by atoms with Crippen molar-refractivity contribution in [1.82, 2.24) is 15.0 Å². The summed E-state index contributed by atoms with van der Waals surface area (Å²) in [7, 11) is 0. The molecule has 0 saturated heterocycles. The molecule has 146 valence electrons. The van der Waals surface area contributed by atoms with Gasteiger partial charge >= 0.3 is 0 Å². The van der Waals surface area contributed by atoms with Crippen molar-refractivity contribution in [3.63, 3.8) is 0 Å². The Morgan fingerprint density at radius 2 is 1.93 bits per heavy atom. The van der Waals surface area contributed by atoms with Crippen molar-refractivity contribution < 1.29 is 5.11 Å². The molecule has 1 atom stereocenters. The number of halogens is 2. The Hall–Kier alpha value is -2.41. The maximum absolute atomic E-state index is 9.64. The molecule has 0 fully saturated rings. The molecule has 0 unspecified atom stereocenters. The summed E-state index contributed by atoms with van der Waals surface area (Å²) in [6, 6.07) is 10.6. The van der Waals surface area contributed by atoms with Gasteiger partial charge in [0.05, 0.1) is 29.1 Å². The largest absolute Gasteiger partial charge is 0.394 e. The normalized spacial score (nSPS) is 12.1. The predicted molar refractivity (Wildman–Crippen MR) is 114 cm³/mol. The lowest BCUT2D eigenvalue weighted by Crippen LogP contribution is -2.30. The Balaban J connectivity index is 1.99. The van der Waals surface area contributed by atoms with E-state index in [0.29, 0.717) is 33.2 Å². The van der Waals surface area contributed by atoms with Crippen LogP contribution in [0.2, 0.25) is 10.0 Å². The van der Waals surface area contributed by atoms with Gasteiger partial charge < -0.3 is 15.7 Å². The highest BCUT2D eigenvalue weighted by Gasteiger charge is 2.15. The van der Waals surface area contributed by atoms with E-state index in [9.17, 15) is 5.11 Å². The molecule has 3 aromatic rings. The van der Waals surface area contributed by atoms with E-state index >= 15 is 0 Å². The van der Waals surface area contributed by atoms with Crippen molar-refractivity contribution in [3.8, 4) is 11.3 Å². The summed E-state index contributed by atoms with van der Waals surface area (Å²) < 4.78 is 0. The van der Waals surface area contributed by atoms with E-state index in [1.165, 1.54) is 0 Å². The molecule has 8 heteroatoms. The number of nitrogens with one attached hydrogen (secondary N) is 2. The predicted octanol–water partition coefficient (Wildman–Crippen LogP) is 5.02. The maximum Gasteiger partial charge on any atom is 0.225 e. The second-order valence-corrected chi connectivity index (χ2v) is 7.47. The zero-order valence-corrected chi connectivity index (χ0v) is 17.0. The number of aromatic nitrogens is 3. The van der Waals surface area contributed by atoms with E-state index in [1.807, 2.05) is 32.0 Å². The molecule has 0 bridgehead atoms. The minimum Gasteiger partial charge on any atom is -0.394 e. The number of aliphatic hydroxyl groups is 1. The average molecular weight is 418 g/mol. The Labute approximate surface area is 174 Å². The first-order valence-corrected chi connectivity index (χ1v) is 9.61. The second-order valence-electron chi connectivity index (χ2n) is 6.63. The smallest absolute Gasteiger partial charge is 0.225 e. The Bertz CT molecular complexity index is 937. The van der Waals surface area contributed by atoms with Crippen molar-refractivity contribution in [3.05, 3.63) is 58.8 Å². The van der Waals surface area contributed by atoms with Crippen LogP contribution in [-0.4, -0.2) is 32.7 Å². The number of benzene rings is 1. The molecule has 0 aliphatic carbocycles. The molecule has 0 amide bonds. The van der Waals surface area contributed by atoms with Gasteiger partial charge in [0.25, 0.3) is 0 Å². The van der Waals surface area contributed by atoms with Crippen molar-refractivity contribution in [1.29, 1.82) is 0 Å². The third-order valence-corrected chi connectivity index (χ3v) is 4.74. The Kier molecular flexibility index (Phi) is 6.67. The number of nitrogens with zero attached hydrogens (tertiary/aromatic N) is 3. The number of rotatable bonds is 7. The third-order valence-electron chi connectivity index (χ3n) is 4.19. The topological polar surface area (TPSA) is 83.0 Å². The highest BCUT2D eigenvalue weighted by atomic mass is 35.5. The van der Waals surface area contributed by atoms with E-state index in [1.54, 1.807) is 30.6 Å². The molecule has 2 heterocycles. The van der Waals surface area contributed by atoms with E-state index in [0.717, 1.165) is 5.56 Å². The zero-order valence-electron chi connectivity index (χ0n) is 15.5. The van der Waals surface area contributed by atoms with E-state index < -0.39 is 0 Å². The molecule has 0 saturated carbocycles. The molecule has 3 N–H and O–H groups in total. The molecule has 3 rings (SSSR count). The molecule has 2 aromatic heterocycles. The van der Waals surface area contributed by atoms with Crippen LogP contribution in [0.1, 0.15) is 13.8 Å². The molecular weight excluding hydrogens is 397 g/mol. The summed E-state index contributed by atoms with van der Waals surface area (Å²) in [5.41, 5.74) is 2.22. The molecule has 0 spiro atoms. The summed E-state index contributed by atoms with van der Waals surface area (Å²) in [5.74, 6) is 1.17. The maximum atomic E-state index is 9.64. The van der Waals surface area contributed by atoms with Crippen molar-refractivity contribution in [2.45, 2.75) is 19.9 Å². The molecule has 0 aliphatic rings. The van der Waals surface area contributed by atoms with E-state index in [2.05, 4.69) is 25.6 Å². The van der Waals surface area contributed by atoms with Gasteiger partial charge in [0.2, 0.25) is 5.95 Å².